The molecular formula is C8H13NO. The average molecular weight is 139 g/mol. The van der Waals surface area contributed by atoms with Crippen LogP contribution in [0, 0.1) is 0 Å². The molecule has 0 radical (unpaired) electrons. The summed E-state index contributed by atoms with van der Waals surface area (Å²) in [5.41, 5.74) is 0. The number of rotatable bonds is 0. The molecule has 0 spiro atoms. The van der Waals surface area contributed by atoms with E-state index >= 15 is 0 Å². The van der Waals surface area contributed by atoms with E-state index in [1.807, 2.05) is 18.2 Å². The highest BCUT2D eigenvalue weighted by atomic mass is 16.2. The molecule has 10 heavy (non-hydrogen) atoms. The van der Waals surface area contributed by atoms with Crippen LogP contribution in [0.15, 0.2) is 43.8 Å². The number of aromatic nitrogens is 1. The summed E-state index contributed by atoms with van der Waals surface area (Å²) >= 11 is 0. The second-order valence-electron chi connectivity index (χ2n) is 1.02. The van der Waals surface area contributed by atoms with Gasteiger partial charge < -0.3 is 5.11 Å². The Labute approximate surface area is 61.9 Å². The fourth-order valence-electron chi connectivity index (χ4n) is 0.313. The molecule has 0 atom stereocenters. The van der Waals surface area contributed by atoms with Crippen LogP contribution in [-0.4, -0.2) is 17.2 Å². The quantitative estimate of drug-likeness (QED) is 0.552. The Kier molecular flexibility index (Phi) is 18.2. The predicted molar refractivity (Wildman–Crippen MR) is 43.6 cm³/mol. The predicted octanol–water partition coefficient (Wildman–Crippen LogP) is 1.49. The summed E-state index contributed by atoms with van der Waals surface area (Å²) in [6.07, 6.45) is 3.50. The summed E-state index contributed by atoms with van der Waals surface area (Å²) in [6.45, 7) is 6.00. The Hall–Kier alpha value is -1.15. The van der Waals surface area contributed by atoms with Gasteiger partial charge in [0.25, 0.3) is 0 Å². The monoisotopic (exact) mass is 139 g/mol. The first-order valence-corrected chi connectivity index (χ1v) is 2.80. The molecular weight excluding hydrogens is 126 g/mol. The number of nitrogens with zero attached hydrogens (tertiary/aromatic N) is 1. The smallest absolute Gasteiger partial charge is 0.0319 e. The van der Waals surface area contributed by atoms with Gasteiger partial charge in [0.05, 0.1) is 0 Å². The van der Waals surface area contributed by atoms with Gasteiger partial charge in [-0.05, 0) is 12.1 Å². The zero-order chi connectivity index (χ0) is 8.24. The first kappa shape index (κ1) is 11.6. The third-order valence-corrected chi connectivity index (χ3v) is 0.566. The van der Waals surface area contributed by atoms with Crippen molar-refractivity contribution in [2.75, 3.05) is 7.11 Å². The molecule has 0 amide bonds. The topological polar surface area (TPSA) is 33.1 Å². The summed E-state index contributed by atoms with van der Waals surface area (Å²) in [7, 11) is 1.00. The first-order chi connectivity index (χ1) is 5.00. The third kappa shape index (κ3) is 9.97. The van der Waals surface area contributed by atoms with Crippen LogP contribution < -0.4 is 0 Å². The summed E-state index contributed by atoms with van der Waals surface area (Å²) in [4.78, 5) is 3.78. The molecule has 1 rings (SSSR count). The van der Waals surface area contributed by atoms with Crippen LogP contribution >= 0.6 is 0 Å². The molecule has 1 heterocycles. The van der Waals surface area contributed by atoms with E-state index in [2.05, 4.69) is 18.1 Å². The fraction of sp³-hybridized carbons (Fsp3) is 0.125. The van der Waals surface area contributed by atoms with Crippen molar-refractivity contribution in [2.45, 2.75) is 0 Å². The largest absolute Gasteiger partial charge is 0.400 e. The highest BCUT2D eigenvalue weighted by Crippen LogP contribution is 1.73. The maximum Gasteiger partial charge on any atom is 0.0319 e. The second-order valence-corrected chi connectivity index (χ2v) is 1.02. The second kappa shape index (κ2) is 15.7. The van der Waals surface area contributed by atoms with Gasteiger partial charge in [0.15, 0.2) is 0 Å². The normalized spacial score (nSPS) is 5.80. The van der Waals surface area contributed by atoms with Gasteiger partial charge in [-0.1, -0.05) is 6.07 Å². The molecule has 0 aliphatic heterocycles. The lowest BCUT2D eigenvalue weighted by molar-refractivity contribution is 0.399. The zero-order valence-electron chi connectivity index (χ0n) is 6.20. The van der Waals surface area contributed by atoms with Crippen LogP contribution in [0.2, 0.25) is 0 Å². The van der Waals surface area contributed by atoms with E-state index in [-0.39, 0.29) is 0 Å². The van der Waals surface area contributed by atoms with Crippen molar-refractivity contribution in [3.8, 4) is 0 Å². The highest BCUT2D eigenvalue weighted by molar-refractivity contribution is 4.88. The van der Waals surface area contributed by atoms with E-state index in [9.17, 15) is 0 Å². The first-order valence-electron chi connectivity index (χ1n) is 2.80. The number of hydrogen-bond donors (Lipinski definition) is 1. The minimum absolute atomic E-state index is 1.00. The van der Waals surface area contributed by atoms with E-state index < -0.39 is 0 Å². The Balaban J connectivity index is 0. The lowest BCUT2D eigenvalue weighted by Gasteiger charge is -1.70. The molecule has 2 heteroatoms. The minimum Gasteiger partial charge on any atom is -0.400 e. The number of aliphatic hydroxyl groups is 1. The molecule has 0 aliphatic carbocycles. The Morgan fingerprint density at radius 2 is 1.40 bits per heavy atom. The van der Waals surface area contributed by atoms with E-state index in [1.54, 1.807) is 12.4 Å². The third-order valence-electron chi connectivity index (χ3n) is 0.566. The number of hydrogen-bond acceptors (Lipinski definition) is 2. The van der Waals surface area contributed by atoms with Crippen molar-refractivity contribution in [1.82, 2.24) is 4.98 Å². The SMILES string of the molecule is C=C.CO.c1ccncc1. The van der Waals surface area contributed by atoms with Gasteiger partial charge in [-0.15, -0.1) is 13.2 Å². The van der Waals surface area contributed by atoms with Crippen LogP contribution in [0.25, 0.3) is 0 Å². The number of aliphatic hydroxyl groups excluding tert-OH is 1. The molecule has 0 aliphatic rings. The Morgan fingerprint density at radius 1 is 1.00 bits per heavy atom. The van der Waals surface area contributed by atoms with Crippen LogP contribution in [-0.2, 0) is 0 Å². The van der Waals surface area contributed by atoms with Crippen molar-refractivity contribution in [3.63, 3.8) is 0 Å². The standard InChI is InChI=1S/C5H5N.C2H4.CH4O/c1-2-4-6-5-3-1;2*1-2/h1-5H;1-2H2;2H,1H3. The van der Waals surface area contributed by atoms with Crippen molar-refractivity contribution in [3.05, 3.63) is 43.8 Å². The molecule has 1 aromatic heterocycles. The van der Waals surface area contributed by atoms with Crippen molar-refractivity contribution in [2.24, 2.45) is 0 Å². The maximum atomic E-state index is 7.00. The maximum absolute atomic E-state index is 7.00. The lowest BCUT2D eigenvalue weighted by atomic mass is 10.5. The Morgan fingerprint density at radius 3 is 1.50 bits per heavy atom. The molecule has 1 aromatic rings. The molecule has 0 unspecified atom stereocenters. The van der Waals surface area contributed by atoms with Crippen molar-refractivity contribution < 1.29 is 5.11 Å². The van der Waals surface area contributed by atoms with Gasteiger partial charge in [-0.3, -0.25) is 4.98 Å². The van der Waals surface area contributed by atoms with E-state index in [4.69, 9.17) is 5.11 Å². The van der Waals surface area contributed by atoms with Crippen LogP contribution in [0.1, 0.15) is 0 Å². The van der Waals surface area contributed by atoms with Gasteiger partial charge in [-0.2, -0.15) is 0 Å². The minimum atomic E-state index is 1.00. The molecule has 0 bridgehead atoms. The van der Waals surface area contributed by atoms with Gasteiger partial charge >= 0.3 is 0 Å². The summed E-state index contributed by atoms with van der Waals surface area (Å²) in [5.74, 6) is 0. The van der Waals surface area contributed by atoms with E-state index in [0.29, 0.717) is 0 Å². The molecule has 0 saturated carbocycles. The van der Waals surface area contributed by atoms with Gasteiger partial charge in [0, 0.05) is 19.5 Å². The Bertz CT molecular complexity index is 92.1. The van der Waals surface area contributed by atoms with Crippen LogP contribution in [0.5, 0.6) is 0 Å². The van der Waals surface area contributed by atoms with E-state index in [0.717, 1.165) is 7.11 Å². The fourth-order valence-corrected chi connectivity index (χ4v) is 0.313. The van der Waals surface area contributed by atoms with Crippen LogP contribution in [0.3, 0.4) is 0 Å². The highest BCUT2D eigenvalue weighted by Gasteiger charge is 1.58. The van der Waals surface area contributed by atoms with Crippen molar-refractivity contribution in [1.29, 1.82) is 0 Å². The van der Waals surface area contributed by atoms with Crippen LogP contribution in [0.4, 0.5) is 0 Å². The average Bonchev–Trinajstić information content (AvgIpc) is 2.14. The molecule has 1 N–H and O–H groups in total. The molecule has 0 aromatic carbocycles. The van der Waals surface area contributed by atoms with Crippen molar-refractivity contribution >= 4 is 0 Å². The molecule has 0 fully saturated rings. The summed E-state index contributed by atoms with van der Waals surface area (Å²) in [6, 6.07) is 5.72. The molecule has 2 nitrogen and oxygen atoms in total. The van der Waals surface area contributed by atoms with Gasteiger partial charge in [0.2, 0.25) is 0 Å². The molecule has 56 valence electrons. The van der Waals surface area contributed by atoms with Gasteiger partial charge in [-0.25, -0.2) is 0 Å². The van der Waals surface area contributed by atoms with Gasteiger partial charge in [0.1, 0.15) is 0 Å². The number of pyridine rings is 1. The summed E-state index contributed by atoms with van der Waals surface area (Å²) in [5, 5.41) is 7.00. The summed E-state index contributed by atoms with van der Waals surface area (Å²) < 4.78 is 0. The lowest BCUT2D eigenvalue weighted by Crippen LogP contribution is -1.58. The molecule has 0 saturated heterocycles. The van der Waals surface area contributed by atoms with E-state index in [1.165, 1.54) is 0 Å². The zero-order valence-corrected chi connectivity index (χ0v) is 6.20.